The molecule has 0 unspecified atom stereocenters. The Kier molecular flexibility index (Phi) is 6.62. The molecule has 4 N–H and O–H groups in total. The van der Waals surface area contributed by atoms with Crippen molar-refractivity contribution in [2.75, 3.05) is 23.7 Å². The fraction of sp³-hybridized carbons (Fsp3) is 0.565. The van der Waals surface area contributed by atoms with Gasteiger partial charge in [-0.2, -0.15) is 4.98 Å². The first-order chi connectivity index (χ1) is 14.2. The number of hydrogen-bond donors (Lipinski definition) is 4. The van der Waals surface area contributed by atoms with Crippen LogP contribution in [0.2, 0.25) is 0 Å². The highest BCUT2D eigenvalue weighted by Crippen LogP contribution is 2.32. The van der Waals surface area contributed by atoms with E-state index in [1.165, 1.54) is 11.1 Å². The van der Waals surface area contributed by atoms with Gasteiger partial charge in [-0.15, -0.1) is 0 Å². The van der Waals surface area contributed by atoms with E-state index in [9.17, 15) is 5.11 Å². The second-order valence-corrected chi connectivity index (χ2v) is 8.35. The average Bonchev–Trinajstić information content (AvgIpc) is 2.76. The number of aliphatic hydroxyl groups is 1. The molecule has 1 aliphatic carbocycles. The molecule has 6 nitrogen and oxygen atoms in total. The molecule has 0 amide bonds. The number of aryl methyl sites for hydroxylation is 1. The van der Waals surface area contributed by atoms with Crippen molar-refractivity contribution in [1.82, 2.24) is 15.3 Å². The quantitative estimate of drug-likeness (QED) is 0.593. The smallest absolute Gasteiger partial charge is 0.229 e. The lowest BCUT2D eigenvalue weighted by Gasteiger charge is -2.29. The number of piperidine rings is 1. The molecule has 2 aliphatic rings. The van der Waals surface area contributed by atoms with Crippen LogP contribution in [0.25, 0.3) is 0 Å². The number of rotatable bonds is 6. The van der Waals surface area contributed by atoms with E-state index in [0.717, 1.165) is 69.5 Å². The third-order valence-corrected chi connectivity index (χ3v) is 6.22. The van der Waals surface area contributed by atoms with Crippen molar-refractivity contribution < 1.29 is 5.11 Å². The van der Waals surface area contributed by atoms with Gasteiger partial charge in [0.05, 0.1) is 6.10 Å². The number of nitrogens with one attached hydrogen (secondary N) is 3. The van der Waals surface area contributed by atoms with Crippen molar-refractivity contribution in [2.24, 2.45) is 0 Å². The molecule has 156 valence electrons. The topological polar surface area (TPSA) is 82.1 Å². The van der Waals surface area contributed by atoms with Gasteiger partial charge in [0.25, 0.3) is 0 Å². The number of nitrogens with zero attached hydrogens (tertiary/aromatic N) is 2. The first kappa shape index (κ1) is 20.1. The summed E-state index contributed by atoms with van der Waals surface area (Å²) in [6.45, 7) is 4.25. The third-order valence-electron chi connectivity index (χ3n) is 6.22. The lowest BCUT2D eigenvalue weighted by atomic mass is 9.90. The van der Waals surface area contributed by atoms with E-state index < -0.39 is 0 Å². The molecule has 0 atom stereocenters. The van der Waals surface area contributed by atoms with Gasteiger partial charge in [0.1, 0.15) is 5.82 Å². The second kappa shape index (κ2) is 9.55. The summed E-state index contributed by atoms with van der Waals surface area (Å²) >= 11 is 0. The number of aliphatic hydroxyl groups excluding tert-OH is 1. The lowest BCUT2D eigenvalue weighted by Crippen LogP contribution is -2.30. The summed E-state index contributed by atoms with van der Waals surface area (Å²) in [5.74, 6) is 2.09. The Balaban J connectivity index is 1.56. The minimum Gasteiger partial charge on any atom is -0.393 e. The van der Waals surface area contributed by atoms with Crippen LogP contribution in [0, 0.1) is 0 Å². The largest absolute Gasteiger partial charge is 0.393 e. The Morgan fingerprint density at radius 3 is 2.66 bits per heavy atom. The number of hydrogen-bond acceptors (Lipinski definition) is 6. The fourth-order valence-electron chi connectivity index (χ4n) is 4.41. The Bertz CT molecular complexity index is 798. The molecule has 29 heavy (non-hydrogen) atoms. The molecule has 6 heteroatoms. The normalized spacial score (nSPS) is 23.0. The molecule has 2 fully saturated rings. The molecule has 2 heterocycles. The summed E-state index contributed by atoms with van der Waals surface area (Å²) < 4.78 is 0. The maximum absolute atomic E-state index is 9.83. The van der Waals surface area contributed by atoms with Crippen LogP contribution in [-0.4, -0.2) is 40.3 Å². The predicted octanol–water partition coefficient (Wildman–Crippen LogP) is 3.97. The van der Waals surface area contributed by atoms with E-state index in [-0.39, 0.29) is 6.10 Å². The average molecular weight is 396 g/mol. The van der Waals surface area contributed by atoms with Crippen LogP contribution in [0.5, 0.6) is 0 Å². The zero-order valence-electron chi connectivity index (χ0n) is 17.3. The molecular formula is C23H33N5O. The van der Waals surface area contributed by atoms with E-state index in [2.05, 4.69) is 52.1 Å². The molecule has 1 aromatic heterocycles. The minimum absolute atomic E-state index is 0.148. The van der Waals surface area contributed by atoms with Crippen molar-refractivity contribution in [1.29, 1.82) is 0 Å². The van der Waals surface area contributed by atoms with Crippen molar-refractivity contribution in [2.45, 2.75) is 69.9 Å². The summed E-state index contributed by atoms with van der Waals surface area (Å²) in [6, 6.07) is 8.77. The molecule has 1 saturated carbocycles. The SMILES string of the molecule is CCc1cccc(Nc2ncc(C3CCNCC3)c(N[C@H]3CC[C@H](O)CC3)n2)c1. The maximum Gasteiger partial charge on any atom is 0.229 e. The summed E-state index contributed by atoms with van der Waals surface area (Å²) in [4.78, 5) is 9.54. The third kappa shape index (κ3) is 5.25. The second-order valence-electron chi connectivity index (χ2n) is 8.35. The van der Waals surface area contributed by atoms with Gasteiger partial charge in [-0.1, -0.05) is 19.1 Å². The van der Waals surface area contributed by atoms with Crippen molar-refractivity contribution in [3.05, 3.63) is 41.6 Å². The molecule has 1 aliphatic heterocycles. The highest BCUT2D eigenvalue weighted by atomic mass is 16.3. The maximum atomic E-state index is 9.83. The predicted molar refractivity (Wildman–Crippen MR) is 118 cm³/mol. The van der Waals surface area contributed by atoms with Gasteiger partial charge < -0.3 is 21.1 Å². The Morgan fingerprint density at radius 1 is 1.10 bits per heavy atom. The van der Waals surface area contributed by atoms with Crippen LogP contribution in [0.1, 0.15) is 62.5 Å². The van der Waals surface area contributed by atoms with Crippen LogP contribution in [0.15, 0.2) is 30.5 Å². The highest BCUT2D eigenvalue weighted by Gasteiger charge is 2.24. The number of benzene rings is 1. The fourth-order valence-corrected chi connectivity index (χ4v) is 4.41. The van der Waals surface area contributed by atoms with Crippen molar-refractivity contribution in [3.8, 4) is 0 Å². The van der Waals surface area contributed by atoms with Crippen LogP contribution in [0.4, 0.5) is 17.5 Å². The molecular weight excluding hydrogens is 362 g/mol. The first-order valence-corrected chi connectivity index (χ1v) is 11.1. The van der Waals surface area contributed by atoms with Gasteiger partial charge in [0, 0.05) is 23.5 Å². The van der Waals surface area contributed by atoms with Gasteiger partial charge in [0.15, 0.2) is 0 Å². The Morgan fingerprint density at radius 2 is 1.90 bits per heavy atom. The van der Waals surface area contributed by atoms with E-state index >= 15 is 0 Å². The molecule has 0 spiro atoms. The number of aromatic nitrogens is 2. The van der Waals surface area contributed by atoms with Crippen molar-refractivity contribution >= 4 is 17.5 Å². The van der Waals surface area contributed by atoms with Crippen LogP contribution in [-0.2, 0) is 6.42 Å². The first-order valence-electron chi connectivity index (χ1n) is 11.1. The van der Waals surface area contributed by atoms with E-state index in [4.69, 9.17) is 4.98 Å². The van der Waals surface area contributed by atoms with E-state index in [1.54, 1.807) is 0 Å². The summed E-state index contributed by atoms with van der Waals surface area (Å²) in [6.07, 6.45) is 8.79. The zero-order chi connectivity index (χ0) is 20.1. The standard InChI is InChI=1S/C23H33N5O/c1-2-16-4-3-5-19(14-16)27-23-25-15-21(17-10-12-24-13-11-17)22(28-23)26-18-6-8-20(29)9-7-18/h3-5,14-15,17-18,20,24,29H,2,6-13H2,1H3,(H2,25,26,27,28)/t18-,20-. The van der Waals surface area contributed by atoms with E-state index in [1.807, 2.05) is 6.20 Å². The molecule has 1 aromatic carbocycles. The van der Waals surface area contributed by atoms with Crippen LogP contribution in [0.3, 0.4) is 0 Å². The lowest BCUT2D eigenvalue weighted by molar-refractivity contribution is 0.126. The summed E-state index contributed by atoms with van der Waals surface area (Å²) in [5.41, 5.74) is 3.54. The van der Waals surface area contributed by atoms with Gasteiger partial charge >= 0.3 is 0 Å². The van der Waals surface area contributed by atoms with Gasteiger partial charge in [-0.05, 0) is 81.6 Å². The summed E-state index contributed by atoms with van der Waals surface area (Å²) in [7, 11) is 0. The van der Waals surface area contributed by atoms with Gasteiger partial charge in [-0.3, -0.25) is 0 Å². The van der Waals surface area contributed by atoms with Gasteiger partial charge in [0.2, 0.25) is 5.95 Å². The molecule has 2 aromatic rings. The molecule has 0 radical (unpaired) electrons. The minimum atomic E-state index is -0.148. The molecule has 0 bridgehead atoms. The van der Waals surface area contributed by atoms with Crippen LogP contribution < -0.4 is 16.0 Å². The number of anilines is 3. The summed E-state index contributed by atoms with van der Waals surface area (Å²) in [5, 5.41) is 20.3. The Labute approximate surface area is 173 Å². The highest BCUT2D eigenvalue weighted by molar-refractivity contribution is 5.57. The zero-order valence-corrected chi connectivity index (χ0v) is 17.3. The Hall–Kier alpha value is -2.18. The van der Waals surface area contributed by atoms with Gasteiger partial charge in [-0.25, -0.2) is 4.98 Å². The molecule has 4 rings (SSSR count). The van der Waals surface area contributed by atoms with Crippen molar-refractivity contribution in [3.63, 3.8) is 0 Å². The van der Waals surface area contributed by atoms with E-state index in [0.29, 0.717) is 17.9 Å². The monoisotopic (exact) mass is 395 g/mol. The molecule has 1 saturated heterocycles. The van der Waals surface area contributed by atoms with Crippen LogP contribution >= 0.6 is 0 Å².